The number of nitrogens with one attached hydrogen (secondary N) is 1. The Labute approximate surface area is 134 Å². The molecule has 0 aliphatic rings. The number of carbonyl (C=O) groups is 2. The molecular weight excluding hydrogens is 296 g/mol. The van der Waals surface area contributed by atoms with Gasteiger partial charge in [0.15, 0.2) is 0 Å². The minimum atomic E-state index is -0.124. The average molecular weight is 316 g/mol. The number of benzene rings is 1. The quantitative estimate of drug-likeness (QED) is 0.912. The molecule has 2 aromatic rings. The molecule has 2 amide bonds. The van der Waals surface area contributed by atoms with Crippen LogP contribution in [0.25, 0.3) is 0 Å². The summed E-state index contributed by atoms with van der Waals surface area (Å²) in [6.45, 7) is 7.25. The first-order chi connectivity index (χ1) is 10.5. The van der Waals surface area contributed by atoms with Crippen LogP contribution in [0.5, 0.6) is 0 Å². The van der Waals surface area contributed by atoms with Crippen molar-refractivity contribution in [1.82, 2.24) is 4.90 Å². The van der Waals surface area contributed by atoms with E-state index < -0.39 is 0 Å². The molecule has 5 heteroatoms. The van der Waals surface area contributed by atoms with Crippen molar-refractivity contribution >= 4 is 28.8 Å². The SMILES string of the molecule is CCN(CC)C(=O)c1ccc(NC(=O)c2ccc(C)s2)cc1. The van der Waals surface area contributed by atoms with Gasteiger partial charge in [-0.25, -0.2) is 0 Å². The number of anilines is 1. The Kier molecular flexibility index (Phi) is 5.33. The second kappa shape index (κ2) is 7.22. The molecule has 0 spiro atoms. The molecule has 0 aliphatic carbocycles. The number of aryl methyl sites for hydroxylation is 1. The maximum absolute atomic E-state index is 12.2. The number of amides is 2. The third-order valence-electron chi connectivity index (χ3n) is 3.40. The Balaban J connectivity index is 2.06. The Bertz CT molecular complexity index is 658. The second-order valence-corrected chi connectivity index (χ2v) is 6.21. The fourth-order valence-electron chi connectivity index (χ4n) is 2.14. The van der Waals surface area contributed by atoms with E-state index in [9.17, 15) is 9.59 Å². The van der Waals surface area contributed by atoms with E-state index in [-0.39, 0.29) is 11.8 Å². The Morgan fingerprint density at radius 2 is 1.68 bits per heavy atom. The number of rotatable bonds is 5. The lowest BCUT2D eigenvalue weighted by Crippen LogP contribution is -2.30. The topological polar surface area (TPSA) is 49.4 Å². The van der Waals surface area contributed by atoms with Crippen LogP contribution in [0.2, 0.25) is 0 Å². The van der Waals surface area contributed by atoms with E-state index in [1.807, 2.05) is 32.9 Å². The van der Waals surface area contributed by atoms with Crippen LogP contribution in [-0.4, -0.2) is 29.8 Å². The van der Waals surface area contributed by atoms with E-state index in [0.29, 0.717) is 29.2 Å². The summed E-state index contributed by atoms with van der Waals surface area (Å²) < 4.78 is 0. The Morgan fingerprint density at radius 1 is 1.05 bits per heavy atom. The van der Waals surface area contributed by atoms with Gasteiger partial charge in [0.05, 0.1) is 4.88 Å². The van der Waals surface area contributed by atoms with E-state index in [1.165, 1.54) is 11.3 Å². The Morgan fingerprint density at radius 3 is 2.18 bits per heavy atom. The van der Waals surface area contributed by atoms with Crippen LogP contribution in [0.15, 0.2) is 36.4 Å². The van der Waals surface area contributed by atoms with Gasteiger partial charge in [0, 0.05) is 29.2 Å². The summed E-state index contributed by atoms with van der Waals surface area (Å²) in [5.74, 6) is -0.113. The van der Waals surface area contributed by atoms with Crippen molar-refractivity contribution in [1.29, 1.82) is 0 Å². The van der Waals surface area contributed by atoms with Crippen LogP contribution in [0.3, 0.4) is 0 Å². The molecule has 1 aromatic heterocycles. The molecule has 0 saturated heterocycles. The molecular formula is C17H20N2O2S. The van der Waals surface area contributed by atoms with Gasteiger partial charge in [-0.05, 0) is 57.2 Å². The van der Waals surface area contributed by atoms with Crippen LogP contribution in [0.4, 0.5) is 5.69 Å². The van der Waals surface area contributed by atoms with E-state index in [1.54, 1.807) is 29.2 Å². The van der Waals surface area contributed by atoms with Crippen LogP contribution in [0, 0.1) is 6.92 Å². The number of hydrogen-bond donors (Lipinski definition) is 1. The summed E-state index contributed by atoms with van der Waals surface area (Å²) in [6, 6.07) is 10.7. The highest BCUT2D eigenvalue weighted by molar-refractivity contribution is 7.14. The monoisotopic (exact) mass is 316 g/mol. The highest BCUT2D eigenvalue weighted by atomic mass is 32.1. The van der Waals surface area contributed by atoms with Crippen molar-refractivity contribution < 1.29 is 9.59 Å². The number of thiophene rings is 1. The van der Waals surface area contributed by atoms with E-state index >= 15 is 0 Å². The van der Waals surface area contributed by atoms with Gasteiger partial charge in [0.2, 0.25) is 0 Å². The molecule has 0 aliphatic heterocycles. The molecule has 0 radical (unpaired) electrons. The lowest BCUT2D eigenvalue weighted by Gasteiger charge is -2.18. The van der Waals surface area contributed by atoms with Gasteiger partial charge in [0.25, 0.3) is 11.8 Å². The molecule has 0 saturated carbocycles. The van der Waals surface area contributed by atoms with Gasteiger partial charge >= 0.3 is 0 Å². The predicted molar refractivity (Wildman–Crippen MR) is 90.7 cm³/mol. The summed E-state index contributed by atoms with van der Waals surface area (Å²) >= 11 is 1.46. The summed E-state index contributed by atoms with van der Waals surface area (Å²) in [4.78, 5) is 27.8. The number of hydrogen-bond acceptors (Lipinski definition) is 3. The summed E-state index contributed by atoms with van der Waals surface area (Å²) in [5.41, 5.74) is 1.32. The van der Waals surface area contributed by atoms with Crippen molar-refractivity contribution in [2.45, 2.75) is 20.8 Å². The largest absolute Gasteiger partial charge is 0.339 e. The maximum Gasteiger partial charge on any atom is 0.265 e. The fraction of sp³-hybridized carbons (Fsp3) is 0.294. The fourth-order valence-corrected chi connectivity index (χ4v) is 2.90. The van der Waals surface area contributed by atoms with Gasteiger partial charge < -0.3 is 10.2 Å². The Hall–Kier alpha value is -2.14. The third-order valence-corrected chi connectivity index (χ3v) is 4.40. The van der Waals surface area contributed by atoms with Gasteiger partial charge in [-0.2, -0.15) is 0 Å². The van der Waals surface area contributed by atoms with Crippen LogP contribution in [-0.2, 0) is 0 Å². The molecule has 0 fully saturated rings. The summed E-state index contributed by atoms with van der Waals surface area (Å²) in [5, 5.41) is 2.84. The molecule has 1 N–H and O–H groups in total. The molecule has 116 valence electrons. The second-order valence-electron chi connectivity index (χ2n) is 4.92. The normalized spacial score (nSPS) is 10.3. The first-order valence-corrected chi connectivity index (χ1v) is 8.14. The number of nitrogens with zero attached hydrogens (tertiary/aromatic N) is 1. The molecule has 4 nitrogen and oxygen atoms in total. The lowest BCUT2D eigenvalue weighted by atomic mass is 10.1. The molecule has 1 aromatic carbocycles. The molecule has 1 heterocycles. The van der Waals surface area contributed by atoms with Gasteiger partial charge in [0.1, 0.15) is 0 Å². The zero-order valence-electron chi connectivity index (χ0n) is 13.1. The maximum atomic E-state index is 12.2. The zero-order chi connectivity index (χ0) is 16.1. The first kappa shape index (κ1) is 16.2. The van der Waals surface area contributed by atoms with Crippen molar-refractivity contribution in [2.24, 2.45) is 0 Å². The minimum absolute atomic E-state index is 0.0109. The zero-order valence-corrected chi connectivity index (χ0v) is 13.9. The molecule has 0 unspecified atom stereocenters. The van der Waals surface area contributed by atoms with Crippen LogP contribution < -0.4 is 5.32 Å². The highest BCUT2D eigenvalue weighted by Gasteiger charge is 2.13. The highest BCUT2D eigenvalue weighted by Crippen LogP contribution is 2.18. The standard InChI is InChI=1S/C17H20N2O2S/c1-4-19(5-2)17(21)13-7-9-14(10-8-13)18-16(20)15-11-6-12(3)22-15/h6-11H,4-5H2,1-3H3,(H,18,20). The van der Waals surface area contributed by atoms with Gasteiger partial charge in [-0.3, -0.25) is 9.59 Å². The summed E-state index contributed by atoms with van der Waals surface area (Å²) in [7, 11) is 0. The van der Waals surface area contributed by atoms with Gasteiger partial charge in [-0.15, -0.1) is 11.3 Å². The van der Waals surface area contributed by atoms with Crippen LogP contribution in [0.1, 0.15) is 38.8 Å². The van der Waals surface area contributed by atoms with Crippen molar-refractivity contribution in [2.75, 3.05) is 18.4 Å². The predicted octanol–water partition coefficient (Wildman–Crippen LogP) is 3.79. The average Bonchev–Trinajstić information content (AvgIpc) is 2.96. The summed E-state index contributed by atoms with van der Waals surface area (Å²) in [6.07, 6.45) is 0. The molecule has 2 rings (SSSR count). The van der Waals surface area contributed by atoms with Crippen molar-refractivity contribution in [3.63, 3.8) is 0 Å². The van der Waals surface area contributed by atoms with E-state index in [4.69, 9.17) is 0 Å². The van der Waals surface area contributed by atoms with Crippen molar-refractivity contribution in [3.05, 3.63) is 51.7 Å². The third kappa shape index (κ3) is 3.74. The molecule has 22 heavy (non-hydrogen) atoms. The first-order valence-electron chi connectivity index (χ1n) is 7.32. The van der Waals surface area contributed by atoms with E-state index in [0.717, 1.165) is 4.88 Å². The number of carbonyl (C=O) groups excluding carboxylic acids is 2. The lowest BCUT2D eigenvalue weighted by molar-refractivity contribution is 0.0773. The molecule has 0 bridgehead atoms. The smallest absolute Gasteiger partial charge is 0.265 e. The van der Waals surface area contributed by atoms with E-state index in [2.05, 4.69) is 5.32 Å². The minimum Gasteiger partial charge on any atom is -0.339 e. The van der Waals surface area contributed by atoms with Crippen LogP contribution >= 0.6 is 11.3 Å². The molecule has 0 atom stereocenters. The van der Waals surface area contributed by atoms with Crippen molar-refractivity contribution in [3.8, 4) is 0 Å². The van der Waals surface area contributed by atoms with Gasteiger partial charge in [-0.1, -0.05) is 0 Å².